The molecule has 6 nitrogen and oxygen atoms in total. The zero-order valence-electron chi connectivity index (χ0n) is 12.0. The number of benzene rings is 1. The Labute approximate surface area is 126 Å². The quantitative estimate of drug-likeness (QED) is 0.428. The zero-order valence-corrected chi connectivity index (χ0v) is 12.8. The molecule has 21 heavy (non-hydrogen) atoms. The minimum absolute atomic E-state index is 0.304. The number of carbonyl (C=O) groups is 3. The van der Waals surface area contributed by atoms with E-state index in [-0.39, 0.29) is 6.42 Å². The van der Waals surface area contributed by atoms with E-state index in [4.69, 9.17) is 4.74 Å². The molecule has 0 saturated carbocycles. The number of ether oxygens (including phenoxy) is 3. The van der Waals surface area contributed by atoms with Crippen LogP contribution in [0, 0.1) is 0 Å². The molecular formula is C14H16O6S. The van der Waals surface area contributed by atoms with Gasteiger partial charge < -0.3 is 14.2 Å². The van der Waals surface area contributed by atoms with Gasteiger partial charge in [-0.05, 0) is 12.1 Å². The van der Waals surface area contributed by atoms with Crippen molar-refractivity contribution >= 4 is 29.5 Å². The van der Waals surface area contributed by atoms with Gasteiger partial charge in [0.2, 0.25) is 5.78 Å². The predicted molar refractivity (Wildman–Crippen MR) is 76.3 cm³/mol. The Morgan fingerprint density at radius 1 is 1.10 bits per heavy atom. The van der Waals surface area contributed by atoms with Crippen LogP contribution in [-0.4, -0.2) is 44.3 Å². The Bertz CT molecular complexity index is 528. The van der Waals surface area contributed by atoms with E-state index in [0.29, 0.717) is 10.6 Å². The van der Waals surface area contributed by atoms with Crippen LogP contribution in [0.4, 0.5) is 0 Å². The van der Waals surface area contributed by atoms with Gasteiger partial charge in [-0.1, -0.05) is 12.1 Å². The number of Topliss-reactive ketones (excluding diaryl/α,β-unsaturated/α-hetero) is 1. The van der Waals surface area contributed by atoms with E-state index in [1.54, 1.807) is 24.3 Å². The lowest BCUT2D eigenvalue weighted by Crippen LogP contribution is -2.26. The van der Waals surface area contributed by atoms with E-state index in [2.05, 4.69) is 9.47 Å². The molecule has 1 aromatic carbocycles. The molecule has 1 unspecified atom stereocenters. The maximum absolute atomic E-state index is 11.8. The SMILES string of the molecule is COC(=O)C(=O)CC(Sc1ccccc1OC)C(=O)OC. The standard InChI is InChI=1S/C14H16O6S/c1-18-10-6-4-5-7-11(10)21-12(14(17)20-3)8-9(15)13(16)19-2/h4-7,12H,8H2,1-3H3. The van der Waals surface area contributed by atoms with Crippen molar-refractivity contribution in [3.8, 4) is 5.75 Å². The Hall–Kier alpha value is -2.02. The third-order valence-electron chi connectivity index (χ3n) is 2.59. The lowest BCUT2D eigenvalue weighted by atomic mass is 10.2. The molecule has 114 valence electrons. The minimum atomic E-state index is -0.982. The summed E-state index contributed by atoms with van der Waals surface area (Å²) in [5.74, 6) is -1.79. The largest absolute Gasteiger partial charge is 0.496 e. The van der Waals surface area contributed by atoms with Gasteiger partial charge in [0.1, 0.15) is 11.0 Å². The Morgan fingerprint density at radius 3 is 2.33 bits per heavy atom. The lowest BCUT2D eigenvalue weighted by molar-refractivity contribution is -0.152. The summed E-state index contributed by atoms with van der Waals surface area (Å²) in [5.41, 5.74) is 0. The number of hydrogen-bond acceptors (Lipinski definition) is 7. The number of thioether (sulfide) groups is 1. The number of para-hydroxylation sites is 1. The highest BCUT2D eigenvalue weighted by Gasteiger charge is 2.28. The monoisotopic (exact) mass is 312 g/mol. The van der Waals surface area contributed by atoms with Crippen molar-refractivity contribution in [3.63, 3.8) is 0 Å². The Kier molecular flexibility index (Phi) is 6.74. The highest BCUT2D eigenvalue weighted by atomic mass is 32.2. The molecule has 1 aromatic rings. The smallest absolute Gasteiger partial charge is 0.374 e. The fraction of sp³-hybridized carbons (Fsp3) is 0.357. The van der Waals surface area contributed by atoms with Gasteiger partial charge in [-0.25, -0.2) is 4.79 Å². The number of carbonyl (C=O) groups excluding carboxylic acids is 3. The van der Waals surface area contributed by atoms with Gasteiger partial charge in [-0.2, -0.15) is 0 Å². The molecule has 1 rings (SSSR count). The average molecular weight is 312 g/mol. The molecule has 0 aromatic heterocycles. The fourth-order valence-corrected chi connectivity index (χ4v) is 2.70. The normalized spacial score (nSPS) is 11.4. The molecule has 0 aliphatic heterocycles. The molecule has 1 atom stereocenters. The summed E-state index contributed by atoms with van der Waals surface area (Å²) in [6, 6.07) is 7.05. The second-order valence-electron chi connectivity index (χ2n) is 3.90. The van der Waals surface area contributed by atoms with E-state index in [1.807, 2.05) is 0 Å². The van der Waals surface area contributed by atoms with Crippen LogP contribution in [0.5, 0.6) is 5.75 Å². The van der Waals surface area contributed by atoms with Crippen LogP contribution in [0.3, 0.4) is 0 Å². The Morgan fingerprint density at radius 2 is 1.76 bits per heavy atom. The van der Waals surface area contributed by atoms with Crippen molar-refractivity contribution in [1.82, 2.24) is 0 Å². The molecule has 0 aliphatic rings. The summed E-state index contributed by atoms with van der Waals surface area (Å²) in [5, 5.41) is -0.849. The van der Waals surface area contributed by atoms with E-state index >= 15 is 0 Å². The maximum atomic E-state index is 11.8. The topological polar surface area (TPSA) is 78.9 Å². The summed E-state index contributed by atoms with van der Waals surface area (Å²) < 4.78 is 14.2. The molecule has 0 fully saturated rings. The van der Waals surface area contributed by atoms with Crippen molar-refractivity contribution in [1.29, 1.82) is 0 Å². The molecule has 0 saturated heterocycles. The molecule has 0 radical (unpaired) electrons. The summed E-state index contributed by atoms with van der Waals surface area (Å²) in [7, 11) is 3.84. The van der Waals surface area contributed by atoms with E-state index in [0.717, 1.165) is 18.9 Å². The molecule has 0 N–H and O–H groups in total. The van der Waals surface area contributed by atoms with Crippen LogP contribution in [0.25, 0.3) is 0 Å². The number of ketones is 1. The fourth-order valence-electron chi connectivity index (χ4n) is 1.54. The number of esters is 2. The number of hydrogen-bond donors (Lipinski definition) is 0. The van der Waals surface area contributed by atoms with Gasteiger partial charge in [0.15, 0.2) is 0 Å². The number of methoxy groups -OCH3 is 3. The first kappa shape index (κ1) is 17.0. The van der Waals surface area contributed by atoms with Crippen LogP contribution < -0.4 is 4.74 Å². The van der Waals surface area contributed by atoms with Gasteiger partial charge in [-0.3, -0.25) is 9.59 Å². The third-order valence-corrected chi connectivity index (χ3v) is 3.82. The highest BCUT2D eigenvalue weighted by molar-refractivity contribution is 8.00. The average Bonchev–Trinajstić information content (AvgIpc) is 2.52. The Balaban J connectivity index is 2.91. The van der Waals surface area contributed by atoms with Crippen LogP contribution in [0.2, 0.25) is 0 Å². The summed E-state index contributed by atoms with van der Waals surface area (Å²) in [6.07, 6.45) is -0.304. The van der Waals surface area contributed by atoms with Crippen molar-refractivity contribution in [2.24, 2.45) is 0 Å². The second kappa shape index (κ2) is 8.31. The third kappa shape index (κ3) is 4.78. The predicted octanol–water partition coefficient (Wildman–Crippen LogP) is 1.46. The van der Waals surface area contributed by atoms with Crippen molar-refractivity contribution in [2.75, 3.05) is 21.3 Å². The first-order valence-electron chi connectivity index (χ1n) is 6.02. The van der Waals surface area contributed by atoms with Gasteiger partial charge >= 0.3 is 11.9 Å². The summed E-state index contributed by atoms with van der Waals surface area (Å²) >= 11 is 1.10. The van der Waals surface area contributed by atoms with Crippen LogP contribution >= 0.6 is 11.8 Å². The maximum Gasteiger partial charge on any atom is 0.374 e. The van der Waals surface area contributed by atoms with Gasteiger partial charge in [-0.15, -0.1) is 11.8 Å². The van der Waals surface area contributed by atoms with Gasteiger partial charge in [0.05, 0.1) is 26.2 Å². The minimum Gasteiger partial charge on any atom is -0.496 e. The molecular weight excluding hydrogens is 296 g/mol. The summed E-state index contributed by atoms with van der Waals surface area (Å²) in [6.45, 7) is 0. The molecule has 0 amide bonds. The summed E-state index contributed by atoms with van der Waals surface area (Å²) in [4.78, 5) is 35.2. The van der Waals surface area contributed by atoms with Crippen LogP contribution in [0.1, 0.15) is 6.42 Å². The molecule has 0 spiro atoms. The van der Waals surface area contributed by atoms with Crippen LogP contribution in [-0.2, 0) is 23.9 Å². The molecule has 0 heterocycles. The van der Waals surface area contributed by atoms with Gasteiger partial charge in [0.25, 0.3) is 0 Å². The van der Waals surface area contributed by atoms with Crippen molar-refractivity contribution in [3.05, 3.63) is 24.3 Å². The van der Waals surface area contributed by atoms with E-state index in [1.165, 1.54) is 14.2 Å². The number of rotatable bonds is 7. The second-order valence-corrected chi connectivity index (χ2v) is 5.14. The molecule has 0 bridgehead atoms. The van der Waals surface area contributed by atoms with E-state index in [9.17, 15) is 14.4 Å². The van der Waals surface area contributed by atoms with Crippen LogP contribution in [0.15, 0.2) is 29.2 Å². The molecule has 7 heteroatoms. The zero-order chi connectivity index (χ0) is 15.8. The highest BCUT2D eigenvalue weighted by Crippen LogP contribution is 2.33. The first-order valence-corrected chi connectivity index (χ1v) is 6.90. The van der Waals surface area contributed by atoms with Gasteiger partial charge in [0, 0.05) is 6.42 Å². The van der Waals surface area contributed by atoms with Crippen molar-refractivity contribution < 1.29 is 28.6 Å². The molecule has 0 aliphatic carbocycles. The lowest BCUT2D eigenvalue weighted by Gasteiger charge is -2.14. The first-order chi connectivity index (χ1) is 10.0. The van der Waals surface area contributed by atoms with Crippen molar-refractivity contribution in [2.45, 2.75) is 16.6 Å². The van der Waals surface area contributed by atoms with E-state index < -0.39 is 23.0 Å².